The maximum Gasteiger partial charge on any atom is 0.252 e. The molecule has 3 aromatic rings. The molecule has 5 heteroatoms. The Bertz CT molecular complexity index is 1040. The molecule has 1 atom stereocenters. The van der Waals surface area contributed by atoms with E-state index < -0.39 is 0 Å². The van der Waals surface area contributed by atoms with Crippen LogP contribution in [0.5, 0.6) is 0 Å². The van der Waals surface area contributed by atoms with E-state index in [4.69, 9.17) is 0 Å². The highest BCUT2D eigenvalue weighted by atomic mass is 32.1. The Morgan fingerprint density at radius 3 is 2.48 bits per heavy atom. The highest BCUT2D eigenvalue weighted by Crippen LogP contribution is 2.28. The van der Waals surface area contributed by atoms with Crippen molar-refractivity contribution in [3.8, 4) is 0 Å². The van der Waals surface area contributed by atoms with E-state index in [9.17, 15) is 9.59 Å². The zero-order valence-electron chi connectivity index (χ0n) is 18.0. The van der Waals surface area contributed by atoms with Gasteiger partial charge in [0.15, 0.2) is 0 Å². The van der Waals surface area contributed by atoms with Crippen molar-refractivity contribution in [2.24, 2.45) is 0 Å². The van der Waals surface area contributed by atoms with Crippen LogP contribution in [0.25, 0.3) is 0 Å². The minimum atomic E-state index is -0.197. The Balaban J connectivity index is 1.54. The van der Waals surface area contributed by atoms with Gasteiger partial charge in [-0.15, -0.1) is 11.3 Å². The number of nitrogens with zero attached hydrogens (tertiary/aromatic N) is 1. The Morgan fingerprint density at radius 1 is 1.06 bits per heavy atom. The largest absolute Gasteiger partial charge is 0.340 e. The average Bonchev–Trinajstić information content (AvgIpc) is 3.44. The summed E-state index contributed by atoms with van der Waals surface area (Å²) in [5.74, 6) is 0.549. The Kier molecular flexibility index (Phi) is 6.52. The first kappa shape index (κ1) is 21.3. The molecule has 31 heavy (non-hydrogen) atoms. The van der Waals surface area contributed by atoms with E-state index in [0.717, 1.165) is 29.0 Å². The van der Waals surface area contributed by atoms with Gasteiger partial charge in [-0.3, -0.25) is 9.59 Å². The Hall–Kier alpha value is -2.92. The molecule has 1 aromatic heterocycles. The molecule has 1 fully saturated rings. The molecule has 1 N–H and O–H groups in total. The first-order valence-electron chi connectivity index (χ1n) is 10.8. The lowest BCUT2D eigenvalue weighted by atomic mass is 9.98. The van der Waals surface area contributed by atoms with Gasteiger partial charge in [0.2, 0.25) is 5.91 Å². The number of carbonyl (C=O) groups is 2. The Labute approximate surface area is 187 Å². The third-order valence-corrected chi connectivity index (χ3v) is 6.71. The molecule has 0 bridgehead atoms. The number of rotatable bonds is 7. The van der Waals surface area contributed by atoms with Gasteiger partial charge in [0.25, 0.3) is 5.91 Å². The predicted octanol–water partition coefficient (Wildman–Crippen LogP) is 5.51. The SMILES string of the molecule is CC(C)c1ccc(C(NC(=O)c2cccc(CN3CCCC3=O)c2)c2cccs2)cc1. The van der Waals surface area contributed by atoms with Crippen LogP contribution in [0.4, 0.5) is 0 Å². The van der Waals surface area contributed by atoms with Crippen LogP contribution in [-0.2, 0) is 11.3 Å². The smallest absolute Gasteiger partial charge is 0.252 e. The van der Waals surface area contributed by atoms with Gasteiger partial charge in [0.05, 0.1) is 6.04 Å². The van der Waals surface area contributed by atoms with Crippen molar-refractivity contribution in [2.75, 3.05) is 6.54 Å². The second-order valence-electron chi connectivity index (χ2n) is 8.36. The van der Waals surface area contributed by atoms with Crippen molar-refractivity contribution >= 4 is 23.2 Å². The third-order valence-electron chi connectivity index (χ3n) is 5.77. The van der Waals surface area contributed by atoms with Crippen molar-refractivity contribution in [1.82, 2.24) is 10.2 Å². The molecule has 1 aliphatic heterocycles. The lowest BCUT2D eigenvalue weighted by Crippen LogP contribution is -2.29. The highest BCUT2D eigenvalue weighted by molar-refractivity contribution is 7.10. The zero-order valence-corrected chi connectivity index (χ0v) is 18.8. The second-order valence-corrected chi connectivity index (χ2v) is 9.34. The van der Waals surface area contributed by atoms with Gasteiger partial charge in [-0.1, -0.05) is 56.3 Å². The van der Waals surface area contributed by atoms with Crippen molar-refractivity contribution in [3.63, 3.8) is 0 Å². The molecule has 0 aliphatic carbocycles. The first-order valence-corrected chi connectivity index (χ1v) is 11.7. The zero-order chi connectivity index (χ0) is 21.8. The van der Waals surface area contributed by atoms with Crippen LogP contribution in [0.1, 0.15) is 70.6 Å². The van der Waals surface area contributed by atoms with Crippen molar-refractivity contribution in [2.45, 2.75) is 45.2 Å². The molecule has 160 valence electrons. The minimum absolute atomic E-state index is 0.110. The molecule has 1 unspecified atom stereocenters. The summed E-state index contributed by atoms with van der Waals surface area (Å²) in [6.07, 6.45) is 1.54. The quantitative estimate of drug-likeness (QED) is 0.535. The maximum absolute atomic E-state index is 13.2. The summed E-state index contributed by atoms with van der Waals surface area (Å²) in [6.45, 7) is 5.71. The van der Waals surface area contributed by atoms with E-state index in [-0.39, 0.29) is 17.9 Å². The van der Waals surface area contributed by atoms with E-state index in [2.05, 4.69) is 49.5 Å². The summed E-state index contributed by atoms with van der Waals surface area (Å²) in [5.41, 5.74) is 3.95. The molecule has 0 radical (unpaired) electrons. The first-order chi connectivity index (χ1) is 15.0. The normalized spacial score (nSPS) is 14.8. The van der Waals surface area contributed by atoms with Crippen molar-refractivity contribution in [1.29, 1.82) is 0 Å². The topological polar surface area (TPSA) is 49.4 Å². The van der Waals surface area contributed by atoms with E-state index in [0.29, 0.717) is 24.4 Å². The fourth-order valence-corrected chi connectivity index (χ4v) is 4.77. The second kappa shape index (κ2) is 9.48. The van der Waals surface area contributed by atoms with Crippen LogP contribution in [0.2, 0.25) is 0 Å². The third kappa shape index (κ3) is 5.05. The molecule has 4 rings (SSSR count). The molecule has 0 spiro atoms. The summed E-state index contributed by atoms with van der Waals surface area (Å²) in [4.78, 5) is 28.1. The van der Waals surface area contributed by atoms with Crippen LogP contribution in [0, 0.1) is 0 Å². The number of hydrogen-bond donors (Lipinski definition) is 1. The number of hydrogen-bond acceptors (Lipinski definition) is 3. The van der Waals surface area contributed by atoms with Crippen LogP contribution in [-0.4, -0.2) is 23.3 Å². The number of amides is 2. The van der Waals surface area contributed by atoms with E-state index in [1.165, 1.54) is 5.56 Å². The summed E-state index contributed by atoms with van der Waals surface area (Å²) in [6, 6.07) is 20.0. The van der Waals surface area contributed by atoms with Gasteiger partial charge < -0.3 is 10.2 Å². The van der Waals surface area contributed by atoms with E-state index in [1.54, 1.807) is 11.3 Å². The van der Waals surface area contributed by atoms with Gasteiger partial charge in [-0.05, 0) is 52.6 Å². The predicted molar refractivity (Wildman–Crippen MR) is 125 cm³/mol. The molecule has 4 nitrogen and oxygen atoms in total. The molecule has 1 saturated heterocycles. The number of thiophene rings is 1. The summed E-state index contributed by atoms with van der Waals surface area (Å²) >= 11 is 1.64. The number of likely N-dealkylation sites (tertiary alicyclic amines) is 1. The number of nitrogens with one attached hydrogen (secondary N) is 1. The van der Waals surface area contributed by atoms with Gasteiger partial charge in [-0.2, -0.15) is 0 Å². The van der Waals surface area contributed by atoms with Crippen LogP contribution in [0.15, 0.2) is 66.0 Å². The van der Waals surface area contributed by atoms with Gasteiger partial charge in [-0.25, -0.2) is 0 Å². The van der Waals surface area contributed by atoms with Crippen molar-refractivity contribution < 1.29 is 9.59 Å². The average molecular weight is 433 g/mol. The lowest BCUT2D eigenvalue weighted by molar-refractivity contribution is -0.128. The summed E-state index contributed by atoms with van der Waals surface area (Å²) in [7, 11) is 0. The standard InChI is InChI=1S/C26H28N2O2S/c1-18(2)20-10-12-21(13-11-20)25(23-8-5-15-31-23)27-26(30)22-7-3-6-19(16-22)17-28-14-4-9-24(28)29/h3,5-8,10-13,15-16,18,25H,4,9,14,17H2,1-2H3,(H,27,30). The minimum Gasteiger partial charge on any atom is -0.340 e. The van der Waals surface area contributed by atoms with E-state index >= 15 is 0 Å². The monoisotopic (exact) mass is 432 g/mol. The molecule has 1 aliphatic rings. The van der Waals surface area contributed by atoms with Gasteiger partial charge >= 0.3 is 0 Å². The highest BCUT2D eigenvalue weighted by Gasteiger charge is 2.22. The Morgan fingerprint density at radius 2 is 1.84 bits per heavy atom. The molecular weight excluding hydrogens is 404 g/mol. The molecular formula is C26H28N2O2S. The van der Waals surface area contributed by atoms with E-state index in [1.807, 2.05) is 40.6 Å². The maximum atomic E-state index is 13.2. The molecule has 2 amide bonds. The number of benzene rings is 2. The van der Waals surface area contributed by atoms with Crippen LogP contribution < -0.4 is 5.32 Å². The van der Waals surface area contributed by atoms with Gasteiger partial charge in [0, 0.05) is 30.0 Å². The van der Waals surface area contributed by atoms with Crippen molar-refractivity contribution in [3.05, 3.63) is 93.2 Å². The van der Waals surface area contributed by atoms with Gasteiger partial charge in [0.1, 0.15) is 0 Å². The fourth-order valence-electron chi connectivity index (χ4n) is 3.96. The fraction of sp³-hybridized carbons (Fsp3) is 0.308. The summed E-state index contributed by atoms with van der Waals surface area (Å²) in [5, 5.41) is 5.25. The van der Waals surface area contributed by atoms with Crippen LogP contribution in [0.3, 0.4) is 0 Å². The number of carbonyl (C=O) groups excluding carboxylic acids is 2. The molecule has 2 aromatic carbocycles. The lowest BCUT2D eigenvalue weighted by Gasteiger charge is -2.20. The molecule has 2 heterocycles. The van der Waals surface area contributed by atoms with Crippen LogP contribution >= 0.6 is 11.3 Å². The summed E-state index contributed by atoms with van der Waals surface area (Å²) < 4.78 is 0. The molecule has 0 saturated carbocycles.